The fraction of sp³-hybridized carbons (Fsp3) is 0.895. The highest BCUT2D eigenvalue weighted by atomic mass is 16.5. The van der Waals surface area contributed by atoms with E-state index in [1.807, 2.05) is 6.92 Å². The van der Waals surface area contributed by atoms with E-state index < -0.39 is 0 Å². The fourth-order valence-electron chi connectivity index (χ4n) is 3.25. The summed E-state index contributed by atoms with van der Waals surface area (Å²) >= 11 is 0. The molecule has 1 rings (SSSR count). The summed E-state index contributed by atoms with van der Waals surface area (Å²) in [6.07, 6.45) is 6.06. The maximum Gasteiger partial charge on any atom is 0.243 e. The van der Waals surface area contributed by atoms with E-state index in [2.05, 4.69) is 29.5 Å². The van der Waals surface area contributed by atoms with Gasteiger partial charge in [-0.2, -0.15) is 0 Å². The van der Waals surface area contributed by atoms with Crippen LogP contribution in [0.15, 0.2) is 4.99 Å². The number of guanidine groups is 1. The molecule has 0 spiro atoms. The quantitative estimate of drug-likeness (QED) is 0.339. The molecule has 0 saturated heterocycles. The van der Waals surface area contributed by atoms with Gasteiger partial charge in [-0.05, 0) is 43.9 Å². The molecule has 1 amide bonds. The Kier molecular flexibility index (Phi) is 9.86. The van der Waals surface area contributed by atoms with Gasteiger partial charge in [0.1, 0.15) is 6.54 Å². The lowest BCUT2D eigenvalue weighted by Gasteiger charge is -2.43. The van der Waals surface area contributed by atoms with Crippen molar-refractivity contribution in [3.05, 3.63) is 0 Å². The Morgan fingerprint density at radius 3 is 2.52 bits per heavy atom. The summed E-state index contributed by atoms with van der Waals surface area (Å²) in [5, 5.41) is 6.82. The van der Waals surface area contributed by atoms with Gasteiger partial charge >= 0.3 is 0 Å². The lowest BCUT2D eigenvalue weighted by atomic mass is 9.64. The molecule has 0 unspecified atom stereocenters. The van der Waals surface area contributed by atoms with Gasteiger partial charge in [0.25, 0.3) is 0 Å². The number of aliphatic imine (C=N–C) groups is 1. The van der Waals surface area contributed by atoms with Gasteiger partial charge in [-0.1, -0.05) is 20.3 Å². The molecule has 1 saturated carbocycles. The van der Waals surface area contributed by atoms with Crippen molar-refractivity contribution < 1.29 is 9.53 Å². The molecule has 0 bridgehead atoms. The van der Waals surface area contributed by atoms with Gasteiger partial charge in [-0.25, -0.2) is 4.99 Å². The molecule has 0 aromatic heterocycles. The fourth-order valence-corrected chi connectivity index (χ4v) is 3.25. The Balaban J connectivity index is 2.53. The van der Waals surface area contributed by atoms with E-state index in [9.17, 15) is 4.79 Å². The molecule has 0 heterocycles. The van der Waals surface area contributed by atoms with Crippen LogP contribution in [0.4, 0.5) is 0 Å². The molecular weight excluding hydrogens is 316 g/mol. The monoisotopic (exact) mass is 354 g/mol. The zero-order valence-electron chi connectivity index (χ0n) is 16.9. The summed E-state index contributed by atoms with van der Waals surface area (Å²) in [6.45, 7) is 9.96. The van der Waals surface area contributed by atoms with Gasteiger partial charge in [0.05, 0.1) is 0 Å². The van der Waals surface area contributed by atoms with Gasteiger partial charge in [0.15, 0.2) is 5.96 Å². The Labute approximate surface area is 153 Å². The van der Waals surface area contributed by atoms with Crippen LogP contribution in [0.2, 0.25) is 0 Å². The second-order valence-electron chi connectivity index (χ2n) is 7.74. The van der Waals surface area contributed by atoms with Gasteiger partial charge in [0, 0.05) is 40.4 Å². The molecule has 0 radical (unpaired) electrons. The first-order valence-electron chi connectivity index (χ1n) is 9.68. The van der Waals surface area contributed by atoms with E-state index in [-0.39, 0.29) is 12.5 Å². The highest BCUT2D eigenvalue weighted by molar-refractivity contribution is 5.84. The van der Waals surface area contributed by atoms with E-state index in [0.717, 1.165) is 38.7 Å². The first-order valence-corrected chi connectivity index (χ1v) is 9.68. The molecule has 146 valence electrons. The van der Waals surface area contributed by atoms with Crippen LogP contribution in [0.25, 0.3) is 0 Å². The predicted molar refractivity (Wildman–Crippen MR) is 104 cm³/mol. The smallest absolute Gasteiger partial charge is 0.243 e. The van der Waals surface area contributed by atoms with E-state index in [1.165, 1.54) is 25.7 Å². The van der Waals surface area contributed by atoms with Crippen molar-refractivity contribution in [1.82, 2.24) is 15.5 Å². The van der Waals surface area contributed by atoms with Gasteiger partial charge in [0.2, 0.25) is 5.91 Å². The van der Waals surface area contributed by atoms with Crippen LogP contribution in [0.3, 0.4) is 0 Å². The predicted octanol–water partition coefficient (Wildman–Crippen LogP) is 2.25. The molecule has 6 heteroatoms. The highest BCUT2D eigenvalue weighted by Gasteiger charge is 2.37. The third-order valence-corrected chi connectivity index (χ3v) is 4.72. The molecule has 0 aliphatic heterocycles. The Morgan fingerprint density at radius 2 is 2.00 bits per heavy atom. The summed E-state index contributed by atoms with van der Waals surface area (Å²) in [5.74, 6) is 1.45. The minimum atomic E-state index is 0.0101. The van der Waals surface area contributed by atoms with Crippen LogP contribution in [0, 0.1) is 11.3 Å². The normalized spacial score (nSPS) is 16.5. The Morgan fingerprint density at radius 1 is 1.28 bits per heavy atom. The van der Waals surface area contributed by atoms with E-state index in [1.54, 1.807) is 19.0 Å². The van der Waals surface area contributed by atoms with Crippen molar-refractivity contribution >= 4 is 11.9 Å². The number of nitrogens with zero attached hydrogens (tertiary/aromatic N) is 2. The standard InChI is InChI=1S/C19H38N4O2/c1-6-25-12-8-11-20-18(21-14-17(24)23(4)5)22-15-19(9-7-10-19)13-16(2)3/h16H,6-15H2,1-5H3,(H2,20,21,22). The maximum atomic E-state index is 11.8. The average Bonchev–Trinajstić information content (AvgIpc) is 2.52. The largest absolute Gasteiger partial charge is 0.382 e. The van der Waals surface area contributed by atoms with Crippen molar-refractivity contribution in [3.8, 4) is 0 Å². The summed E-state index contributed by atoms with van der Waals surface area (Å²) in [4.78, 5) is 17.9. The van der Waals surface area contributed by atoms with Crippen LogP contribution < -0.4 is 10.6 Å². The van der Waals surface area contributed by atoms with Crippen molar-refractivity contribution in [1.29, 1.82) is 0 Å². The Hall–Kier alpha value is -1.30. The maximum absolute atomic E-state index is 11.8. The topological polar surface area (TPSA) is 66.0 Å². The molecule has 6 nitrogen and oxygen atoms in total. The Bertz CT molecular complexity index is 418. The third kappa shape index (κ3) is 8.56. The number of hydrogen-bond acceptors (Lipinski definition) is 3. The molecule has 25 heavy (non-hydrogen) atoms. The van der Waals surface area contributed by atoms with Gasteiger partial charge in [-0.15, -0.1) is 0 Å². The van der Waals surface area contributed by atoms with Crippen LogP contribution in [0.5, 0.6) is 0 Å². The van der Waals surface area contributed by atoms with Crippen LogP contribution in [-0.4, -0.2) is 63.7 Å². The van der Waals surface area contributed by atoms with Crippen LogP contribution >= 0.6 is 0 Å². The molecule has 1 aliphatic carbocycles. The van der Waals surface area contributed by atoms with Gasteiger partial charge < -0.3 is 20.3 Å². The summed E-state index contributed by atoms with van der Waals surface area (Å²) in [5.41, 5.74) is 0.396. The van der Waals surface area contributed by atoms with Gasteiger partial charge in [-0.3, -0.25) is 4.79 Å². The number of carbonyl (C=O) groups excluding carboxylic acids is 1. The molecule has 1 aliphatic rings. The highest BCUT2D eigenvalue weighted by Crippen LogP contribution is 2.45. The number of carbonyl (C=O) groups is 1. The average molecular weight is 355 g/mol. The number of ether oxygens (including phenoxy) is 1. The zero-order chi connectivity index (χ0) is 18.7. The molecule has 0 aromatic rings. The lowest BCUT2D eigenvalue weighted by Crippen LogP contribution is -2.47. The SMILES string of the molecule is CCOCCCNC(=NCC(=O)N(C)C)NCC1(CC(C)C)CCC1. The number of rotatable bonds is 11. The zero-order valence-corrected chi connectivity index (χ0v) is 16.9. The molecule has 0 aromatic carbocycles. The van der Waals surface area contributed by atoms with E-state index in [0.29, 0.717) is 11.3 Å². The summed E-state index contributed by atoms with van der Waals surface area (Å²) in [6, 6.07) is 0. The van der Waals surface area contributed by atoms with Crippen molar-refractivity contribution in [2.45, 2.75) is 52.9 Å². The second-order valence-corrected chi connectivity index (χ2v) is 7.74. The molecular formula is C19H38N4O2. The van der Waals surface area contributed by atoms with Crippen molar-refractivity contribution in [3.63, 3.8) is 0 Å². The molecule has 2 N–H and O–H groups in total. The summed E-state index contributed by atoms with van der Waals surface area (Å²) < 4.78 is 5.37. The number of hydrogen-bond donors (Lipinski definition) is 2. The minimum absolute atomic E-state index is 0.0101. The number of likely N-dealkylation sites (N-methyl/N-ethyl adjacent to an activating group) is 1. The first kappa shape index (κ1) is 21.7. The van der Waals surface area contributed by atoms with E-state index in [4.69, 9.17) is 4.74 Å². The first-order chi connectivity index (χ1) is 11.9. The van der Waals surface area contributed by atoms with Crippen molar-refractivity contribution in [2.24, 2.45) is 16.3 Å². The third-order valence-electron chi connectivity index (χ3n) is 4.72. The van der Waals surface area contributed by atoms with E-state index >= 15 is 0 Å². The second kappa shape index (κ2) is 11.3. The molecule has 0 atom stereocenters. The number of nitrogens with one attached hydrogen (secondary N) is 2. The summed E-state index contributed by atoms with van der Waals surface area (Å²) in [7, 11) is 3.51. The van der Waals surface area contributed by atoms with Crippen molar-refractivity contribution in [2.75, 3.05) is 46.9 Å². The number of amides is 1. The lowest BCUT2D eigenvalue weighted by molar-refractivity contribution is -0.127. The minimum Gasteiger partial charge on any atom is -0.382 e. The van der Waals surface area contributed by atoms with Crippen LogP contribution in [-0.2, 0) is 9.53 Å². The molecule has 1 fully saturated rings. The van der Waals surface area contributed by atoms with Crippen LogP contribution in [0.1, 0.15) is 52.9 Å².